The molecule has 0 saturated carbocycles. The molecule has 2 aliphatic rings. The summed E-state index contributed by atoms with van der Waals surface area (Å²) in [6, 6.07) is 0. The maximum atomic E-state index is 5.97. The monoisotopic (exact) mass is 270 g/mol. The van der Waals surface area contributed by atoms with E-state index in [9.17, 15) is 0 Å². The van der Waals surface area contributed by atoms with E-state index < -0.39 is 0 Å². The van der Waals surface area contributed by atoms with Gasteiger partial charge in [0.1, 0.15) is 0 Å². The second-order valence-corrected chi connectivity index (χ2v) is 4.59. The molecule has 0 radical (unpaired) electrons. The standard InChI is InChI=1S/C11H22N2O.2ClH/c12-10-11(4-8-14-9-5-11)13-6-2-1-3-7-13;;/h1-10,12H2;2*1H. The van der Waals surface area contributed by atoms with Crippen molar-refractivity contribution < 1.29 is 4.74 Å². The number of ether oxygens (including phenoxy) is 1. The van der Waals surface area contributed by atoms with Gasteiger partial charge in [-0.3, -0.25) is 4.90 Å². The zero-order valence-electron chi connectivity index (χ0n) is 9.82. The van der Waals surface area contributed by atoms with Crippen LogP contribution in [0.3, 0.4) is 0 Å². The highest BCUT2D eigenvalue weighted by Gasteiger charge is 2.37. The molecule has 0 spiro atoms. The molecule has 2 saturated heterocycles. The summed E-state index contributed by atoms with van der Waals surface area (Å²) < 4.78 is 5.44. The molecule has 3 nitrogen and oxygen atoms in total. The molecule has 2 rings (SSSR count). The normalized spacial score (nSPS) is 25.3. The van der Waals surface area contributed by atoms with Gasteiger partial charge in [-0.1, -0.05) is 6.42 Å². The Balaban J connectivity index is 0.00000112. The van der Waals surface area contributed by atoms with Crippen LogP contribution in [0.25, 0.3) is 0 Å². The van der Waals surface area contributed by atoms with Crippen LogP contribution in [-0.2, 0) is 4.74 Å². The average molecular weight is 271 g/mol. The number of halogens is 2. The summed E-state index contributed by atoms with van der Waals surface area (Å²) in [5.74, 6) is 0. The van der Waals surface area contributed by atoms with E-state index in [1.54, 1.807) is 0 Å². The first-order valence-corrected chi connectivity index (χ1v) is 5.90. The van der Waals surface area contributed by atoms with Crippen LogP contribution in [-0.4, -0.2) is 43.3 Å². The molecule has 2 N–H and O–H groups in total. The Morgan fingerprint density at radius 2 is 1.56 bits per heavy atom. The molecule has 0 aromatic carbocycles. The van der Waals surface area contributed by atoms with Crippen molar-refractivity contribution in [2.24, 2.45) is 5.73 Å². The van der Waals surface area contributed by atoms with Crippen LogP contribution in [0.2, 0.25) is 0 Å². The van der Waals surface area contributed by atoms with Gasteiger partial charge < -0.3 is 10.5 Å². The van der Waals surface area contributed by atoms with E-state index in [1.165, 1.54) is 32.4 Å². The molecule has 16 heavy (non-hydrogen) atoms. The van der Waals surface area contributed by atoms with E-state index >= 15 is 0 Å². The predicted octanol–water partition coefficient (Wildman–Crippen LogP) is 1.82. The molecule has 2 aliphatic heterocycles. The maximum absolute atomic E-state index is 5.97. The Hall–Kier alpha value is 0.460. The minimum absolute atomic E-state index is 0. The number of likely N-dealkylation sites (tertiary alicyclic amines) is 1. The predicted molar refractivity (Wildman–Crippen MR) is 71.8 cm³/mol. The van der Waals surface area contributed by atoms with Crippen molar-refractivity contribution in [3.8, 4) is 0 Å². The maximum Gasteiger partial charge on any atom is 0.0484 e. The number of hydrogen-bond donors (Lipinski definition) is 1. The Morgan fingerprint density at radius 3 is 2.06 bits per heavy atom. The van der Waals surface area contributed by atoms with Crippen molar-refractivity contribution in [2.45, 2.75) is 37.6 Å². The molecule has 0 unspecified atom stereocenters. The molecule has 0 amide bonds. The van der Waals surface area contributed by atoms with Gasteiger partial charge in [-0.25, -0.2) is 0 Å². The second-order valence-electron chi connectivity index (χ2n) is 4.59. The van der Waals surface area contributed by atoms with Crippen molar-refractivity contribution in [1.82, 2.24) is 4.90 Å². The van der Waals surface area contributed by atoms with Crippen molar-refractivity contribution in [3.05, 3.63) is 0 Å². The van der Waals surface area contributed by atoms with Gasteiger partial charge in [-0.05, 0) is 38.8 Å². The minimum atomic E-state index is 0. The van der Waals surface area contributed by atoms with E-state index in [2.05, 4.69) is 4.90 Å². The zero-order valence-corrected chi connectivity index (χ0v) is 11.5. The van der Waals surface area contributed by atoms with Crippen LogP contribution in [0.4, 0.5) is 0 Å². The number of nitrogens with zero attached hydrogens (tertiary/aromatic N) is 1. The van der Waals surface area contributed by atoms with Crippen molar-refractivity contribution >= 4 is 24.8 Å². The second kappa shape index (κ2) is 7.72. The van der Waals surface area contributed by atoms with Crippen LogP contribution >= 0.6 is 24.8 Å². The van der Waals surface area contributed by atoms with Gasteiger partial charge in [0.2, 0.25) is 0 Å². The van der Waals surface area contributed by atoms with E-state index in [4.69, 9.17) is 10.5 Å². The van der Waals surface area contributed by atoms with Crippen LogP contribution in [0, 0.1) is 0 Å². The fourth-order valence-corrected chi connectivity index (χ4v) is 2.77. The van der Waals surface area contributed by atoms with E-state index in [0.717, 1.165) is 32.6 Å². The molecular weight excluding hydrogens is 247 g/mol. The Bertz CT molecular complexity index is 181. The molecular formula is C11H24Cl2N2O. The van der Waals surface area contributed by atoms with Crippen LogP contribution in [0.5, 0.6) is 0 Å². The molecule has 2 heterocycles. The van der Waals surface area contributed by atoms with Crippen molar-refractivity contribution in [2.75, 3.05) is 32.8 Å². The summed E-state index contributed by atoms with van der Waals surface area (Å²) >= 11 is 0. The fourth-order valence-electron chi connectivity index (χ4n) is 2.77. The van der Waals surface area contributed by atoms with Gasteiger partial charge in [0.25, 0.3) is 0 Å². The highest BCUT2D eigenvalue weighted by Crippen LogP contribution is 2.29. The lowest BCUT2D eigenvalue weighted by molar-refractivity contribution is -0.0314. The number of nitrogens with two attached hydrogens (primary N) is 1. The Kier molecular flexibility index (Phi) is 7.94. The third-order valence-corrected chi connectivity index (χ3v) is 3.83. The summed E-state index contributed by atoms with van der Waals surface area (Å²) in [7, 11) is 0. The molecule has 0 aliphatic carbocycles. The molecule has 0 aromatic heterocycles. The first-order chi connectivity index (χ1) is 6.87. The molecule has 0 bridgehead atoms. The lowest BCUT2D eigenvalue weighted by atomic mass is 9.86. The van der Waals surface area contributed by atoms with Crippen LogP contribution in [0.15, 0.2) is 0 Å². The van der Waals surface area contributed by atoms with E-state index in [1.807, 2.05) is 0 Å². The molecule has 2 fully saturated rings. The summed E-state index contributed by atoms with van der Waals surface area (Å²) in [6.45, 7) is 5.09. The Labute approximate surface area is 111 Å². The topological polar surface area (TPSA) is 38.5 Å². The summed E-state index contributed by atoms with van der Waals surface area (Å²) in [5.41, 5.74) is 6.25. The fraction of sp³-hybridized carbons (Fsp3) is 1.00. The number of hydrogen-bond acceptors (Lipinski definition) is 3. The minimum Gasteiger partial charge on any atom is -0.381 e. The number of rotatable bonds is 2. The third-order valence-electron chi connectivity index (χ3n) is 3.83. The van der Waals surface area contributed by atoms with Gasteiger partial charge in [-0.15, -0.1) is 24.8 Å². The summed E-state index contributed by atoms with van der Waals surface area (Å²) in [4.78, 5) is 2.62. The average Bonchev–Trinajstić information content (AvgIpc) is 2.31. The SMILES string of the molecule is Cl.Cl.NCC1(N2CCCCC2)CCOCC1. The van der Waals surface area contributed by atoms with Crippen LogP contribution < -0.4 is 5.73 Å². The smallest absolute Gasteiger partial charge is 0.0484 e. The summed E-state index contributed by atoms with van der Waals surface area (Å²) in [6.07, 6.45) is 6.35. The van der Waals surface area contributed by atoms with Gasteiger partial charge in [0, 0.05) is 25.3 Å². The molecule has 98 valence electrons. The first-order valence-electron chi connectivity index (χ1n) is 5.90. The van der Waals surface area contributed by atoms with Gasteiger partial charge in [-0.2, -0.15) is 0 Å². The lowest BCUT2D eigenvalue weighted by Crippen LogP contribution is -2.58. The molecule has 0 aromatic rings. The highest BCUT2D eigenvalue weighted by atomic mass is 35.5. The largest absolute Gasteiger partial charge is 0.381 e. The van der Waals surface area contributed by atoms with E-state index in [0.29, 0.717) is 0 Å². The van der Waals surface area contributed by atoms with E-state index in [-0.39, 0.29) is 30.4 Å². The highest BCUT2D eigenvalue weighted by molar-refractivity contribution is 5.85. The van der Waals surface area contributed by atoms with Gasteiger partial charge >= 0.3 is 0 Å². The van der Waals surface area contributed by atoms with Gasteiger partial charge in [0.15, 0.2) is 0 Å². The third kappa shape index (κ3) is 3.47. The van der Waals surface area contributed by atoms with Crippen molar-refractivity contribution in [3.63, 3.8) is 0 Å². The number of piperidine rings is 1. The summed E-state index contributed by atoms with van der Waals surface area (Å²) in [5, 5.41) is 0. The zero-order chi connectivity index (χ0) is 9.86. The van der Waals surface area contributed by atoms with Gasteiger partial charge in [0.05, 0.1) is 0 Å². The Morgan fingerprint density at radius 1 is 1.00 bits per heavy atom. The molecule has 0 atom stereocenters. The quantitative estimate of drug-likeness (QED) is 0.832. The molecule has 5 heteroatoms. The van der Waals surface area contributed by atoms with Crippen LogP contribution in [0.1, 0.15) is 32.1 Å². The first kappa shape index (κ1) is 16.5. The van der Waals surface area contributed by atoms with Crippen molar-refractivity contribution in [1.29, 1.82) is 0 Å². The lowest BCUT2D eigenvalue weighted by Gasteiger charge is -2.47.